The van der Waals surface area contributed by atoms with Crippen LogP contribution >= 0.6 is 0 Å². The van der Waals surface area contributed by atoms with Gasteiger partial charge in [0.25, 0.3) is 5.91 Å². The fourth-order valence-corrected chi connectivity index (χ4v) is 3.60. The lowest BCUT2D eigenvalue weighted by Gasteiger charge is -2.18. The molecule has 1 aromatic carbocycles. The van der Waals surface area contributed by atoms with Gasteiger partial charge < -0.3 is 21.4 Å². The third-order valence-corrected chi connectivity index (χ3v) is 5.24. The first-order valence-corrected chi connectivity index (χ1v) is 9.71. The van der Waals surface area contributed by atoms with Crippen LogP contribution in [0.25, 0.3) is 11.1 Å². The molecule has 0 saturated heterocycles. The third kappa shape index (κ3) is 4.03. The lowest BCUT2D eigenvalue weighted by Crippen LogP contribution is -2.45. The van der Waals surface area contributed by atoms with E-state index >= 15 is 0 Å². The van der Waals surface area contributed by atoms with Gasteiger partial charge in [-0.2, -0.15) is 0 Å². The molecule has 0 unspecified atom stereocenters. The van der Waals surface area contributed by atoms with Gasteiger partial charge in [0, 0.05) is 11.9 Å². The zero-order valence-electron chi connectivity index (χ0n) is 16.4. The number of anilines is 1. The minimum Gasteiger partial charge on any atom is -0.384 e. The highest BCUT2D eigenvalue weighted by atomic mass is 19.1. The molecule has 0 aliphatic heterocycles. The molecule has 2 aromatic heterocycles. The van der Waals surface area contributed by atoms with Gasteiger partial charge in [-0.25, -0.2) is 9.37 Å². The molecule has 30 heavy (non-hydrogen) atoms. The number of nitrogen functional groups attached to an aromatic ring is 1. The molecule has 5 N–H and O–H groups in total. The van der Waals surface area contributed by atoms with Gasteiger partial charge in [0.05, 0.1) is 6.04 Å². The molecule has 7 nitrogen and oxygen atoms in total. The molecule has 1 aliphatic rings. The van der Waals surface area contributed by atoms with E-state index < -0.39 is 11.9 Å². The van der Waals surface area contributed by atoms with E-state index in [1.807, 2.05) is 6.07 Å². The number of nitrogens with zero attached hydrogens (tertiary/aromatic N) is 1. The van der Waals surface area contributed by atoms with E-state index in [9.17, 15) is 14.0 Å². The Labute approximate surface area is 172 Å². The maximum absolute atomic E-state index is 13.1. The highest BCUT2D eigenvalue weighted by molar-refractivity contribution is 5.97. The van der Waals surface area contributed by atoms with E-state index in [4.69, 9.17) is 5.73 Å². The number of amides is 2. The van der Waals surface area contributed by atoms with E-state index in [0.717, 1.165) is 35.2 Å². The van der Waals surface area contributed by atoms with Crippen LogP contribution in [0.3, 0.4) is 0 Å². The van der Waals surface area contributed by atoms with Gasteiger partial charge >= 0.3 is 0 Å². The topological polar surface area (TPSA) is 113 Å². The monoisotopic (exact) mass is 407 g/mol. The summed E-state index contributed by atoms with van der Waals surface area (Å²) in [4.78, 5) is 32.3. The minimum atomic E-state index is -0.721. The maximum atomic E-state index is 13.1. The molecule has 0 fully saturated rings. The smallest absolute Gasteiger partial charge is 0.268 e. The second kappa shape index (κ2) is 7.98. The summed E-state index contributed by atoms with van der Waals surface area (Å²) in [6.45, 7) is 1.63. The van der Waals surface area contributed by atoms with Crippen molar-refractivity contribution < 1.29 is 14.0 Å². The van der Waals surface area contributed by atoms with Crippen molar-refractivity contribution in [1.29, 1.82) is 0 Å². The number of hydrogen-bond acceptors (Lipinski definition) is 4. The molecule has 0 bridgehead atoms. The third-order valence-electron chi connectivity index (χ3n) is 5.24. The molecule has 0 spiro atoms. The Morgan fingerprint density at radius 1 is 1.20 bits per heavy atom. The van der Waals surface area contributed by atoms with Gasteiger partial charge in [0.1, 0.15) is 23.4 Å². The molecular formula is C22H22FN5O2. The maximum Gasteiger partial charge on any atom is 0.268 e. The van der Waals surface area contributed by atoms with Gasteiger partial charge in [-0.15, -0.1) is 0 Å². The van der Waals surface area contributed by atoms with Gasteiger partial charge in [-0.05, 0) is 60.7 Å². The highest BCUT2D eigenvalue weighted by Gasteiger charge is 2.27. The Morgan fingerprint density at radius 2 is 1.97 bits per heavy atom. The summed E-state index contributed by atoms with van der Waals surface area (Å²) in [5.41, 5.74) is 9.44. The molecule has 1 aliphatic carbocycles. The van der Waals surface area contributed by atoms with Gasteiger partial charge in [-0.3, -0.25) is 9.59 Å². The van der Waals surface area contributed by atoms with Gasteiger partial charge in [-0.1, -0.05) is 18.2 Å². The number of halogens is 1. The number of carbonyl (C=O) groups excluding carboxylic acids is 2. The molecule has 8 heteroatoms. The predicted octanol–water partition coefficient (Wildman–Crippen LogP) is 2.72. The summed E-state index contributed by atoms with van der Waals surface area (Å²) >= 11 is 0. The number of H-pyrrole nitrogens is 1. The van der Waals surface area contributed by atoms with Crippen LogP contribution in [0, 0.1) is 5.82 Å². The number of nitrogens with two attached hydrogens (primary N) is 1. The molecule has 154 valence electrons. The number of hydrogen-bond donors (Lipinski definition) is 4. The summed E-state index contributed by atoms with van der Waals surface area (Å²) in [6, 6.07) is 10.4. The number of benzene rings is 1. The molecule has 3 aromatic rings. The van der Waals surface area contributed by atoms with Crippen molar-refractivity contribution in [3.63, 3.8) is 0 Å². The van der Waals surface area contributed by atoms with Crippen LogP contribution in [-0.2, 0) is 11.2 Å². The van der Waals surface area contributed by atoms with Crippen molar-refractivity contribution in [3.8, 4) is 11.1 Å². The normalized spacial score (nSPS) is 16.0. The van der Waals surface area contributed by atoms with Crippen molar-refractivity contribution in [2.75, 3.05) is 5.73 Å². The fraction of sp³-hybridized carbons (Fsp3) is 0.227. The van der Waals surface area contributed by atoms with Crippen LogP contribution in [-0.4, -0.2) is 27.8 Å². The number of fused-ring (bicyclic) bond motifs is 1. The number of aromatic nitrogens is 2. The highest BCUT2D eigenvalue weighted by Crippen LogP contribution is 2.30. The minimum absolute atomic E-state index is 0.143. The van der Waals surface area contributed by atoms with Crippen LogP contribution in [0.5, 0.6) is 0 Å². The molecule has 2 heterocycles. The van der Waals surface area contributed by atoms with Crippen molar-refractivity contribution in [2.45, 2.75) is 31.8 Å². The van der Waals surface area contributed by atoms with Crippen molar-refractivity contribution in [2.24, 2.45) is 0 Å². The summed E-state index contributed by atoms with van der Waals surface area (Å²) < 4.78 is 13.1. The van der Waals surface area contributed by atoms with Crippen LogP contribution in [0.15, 0.2) is 48.7 Å². The van der Waals surface area contributed by atoms with Crippen LogP contribution < -0.4 is 16.4 Å². The first kappa shape index (κ1) is 19.6. The molecule has 4 rings (SSSR count). The van der Waals surface area contributed by atoms with Crippen molar-refractivity contribution in [1.82, 2.24) is 20.6 Å². The number of rotatable bonds is 5. The number of pyridine rings is 1. The van der Waals surface area contributed by atoms with Crippen LogP contribution in [0.1, 0.15) is 41.1 Å². The lowest BCUT2D eigenvalue weighted by molar-refractivity contribution is -0.123. The van der Waals surface area contributed by atoms with E-state index in [1.54, 1.807) is 37.4 Å². The number of aromatic amines is 1. The number of aryl methyl sites for hydroxylation is 1. The van der Waals surface area contributed by atoms with E-state index in [2.05, 4.69) is 20.6 Å². The zero-order valence-corrected chi connectivity index (χ0v) is 16.4. The molecule has 0 radical (unpaired) electrons. The Morgan fingerprint density at radius 3 is 2.73 bits per heavy atom. The molecule has 2 amide bonds. The lowest BCUT2D eigenvalue weighted by atomic mass is 10.1. The number of nitrogens with one attached hydrogen (secondary N) is 3. The van der Waals surface area contributed by atoms with Crippen LogP contribution in [0.4, 0.5) is 10.2 Å². The average molecular weight is 407 g/mol. The second-order valence-corrected chi connectivity index (χ2v) is 7.38. The predicted molar refractivity (Wildman–Crippen MR) is 111 cm³/mol. The Hall–Kier alpha value is -3.68. The largest absolute Gasteiger partial charge is 0.384 e. The SMILES string of the molecule is C[C@H](NC(=O)c1cc(-c2ccc(F)cc2)c[nH]1)C(=O)N[C@H]1CCc2nc(N)ccc21. The van der Waals surface area contributed by atoms with E-state index in [0.29, 0.717) is 11.5 Å². The average Bonchev–Trinajstić information content (AvgIpc) is 3.36. The summed E-state index contributed by atoms with van der Waals surface area (Å²) in [5.74, 6) is -0.529. The summed E-state index contributed by atoms with van der Waals surface area (Å²) in [6.07, 6.45) is 3.16. The Bertz CT molecular complexity index is 1090. The van der Waals surface area contributed by atoms with E-state index in [-0.39, 0.29) is 17.8 Å². The summed E-state index contributed by atoms with van der Waals surface area (Å²) in [5, 5.41) is 5.67. The van der Waals surface area contributed by atoms with Gasteiger partial charge in [0.15, 0.2) is 0 Å². The van der Waals surface area contributed by atoms with Crippen LogP contribution in [0.2, 0.25) is 0 Å². The first-order chi connectivity index (χ1) is 14.4. The summed E-state index contributed by atoms with van der Waals surface area (Å²) in [7, 11) is 0. The molecule has 0 saturated carbocycles. The zero-order chi connectivity index (χ0) is 21.3. The molecule has 2 atom stereocenters. The molecular weight excluding hydrogens is 385 g/mol. The van der Waals surface area contributed by atoms with Gasteiger partial charge in [0.2, 0.25) is 5.91 Å². The quantitative estimate of drug-likeness (QED) is 0.521. The second-order valence-electron chi connectivity index (χ2n) is 7.38. The fourth-order valence-electron chi connectivity index (χ4n) is 3.60. The standard InChI is InChI=1S/C22H22FN5O2/c1-12(21(29)28-18-8-7-17-16(18)6-9-20(24)27-17)26-22(30)19-10-14(11-25-19)13-2-4-15(23)5-3-13/h2-6,9-12,18,25H,7-8H2,1H3,(H2,24,27)(H,26,30)(H,28,29)/t12-,18-/m0/s1. The van der Waals surface area contributed by atoms with Crippen molar-refractivity contribution in [3.05, 3.63) is 71.4 Å². The van der Waals surface area contributed by atoms with Crippen molar-refractivity contribution >= 4 is 17.6 Å². The Balaban J connectivity index is 1.37. The Kier molecular flexibility index (Phi) is 5.22. The number of carbonyl (C=O) groups is 2. The first-order valence-electron chi connectivity index (χ1n) is 9.71. The van der Waals surface area contributed by atoms with E-state index in [1.165, 1.54) is 12.1 Å².